The zero-order valence-corrected chi connectivity index (χ0v) is 19.4. The lowest BCUT2D eigenvalue weighted by Crippen LogP contribution is -2.40. The summed E-state index contributed by atoms with van der Waals surface area (Å²) in [6, 6.07) is 13.6. The van der Waals surface area contributed by atoms with E-state index >= 15 is 0 Å². The van der Waals surface area contributed by atoms with Gasteiger partial charge in [0.2, 0.25) is 0 Å². The van der Waals surface area contributed by atoms with Crippen molar-refractivity contribution in [1.82, 2.24) is 24.9 Å². The Hall–Kier alpha value is -2.36. The summed E-state index contributed by atoms with van der Waals surface area (Å²) in [5, 5.41) is 9.06. The Morgan fingerprint density at radius 3 is 2.70 bits per heavy atom. The molecule has 9 heteroatoms. The van der Waals surface area contributed by atoms with Gasteiger partial charge in [-0.1, -0.05) is 58.5 Å². The zero-order chi connectivity index (χ0) is 21.1. The molecule has 30 heavy (non-hydrogen) atoms. The molecule has 0 spiro atoms. The first-order valence-corrected chi connectivity index (χ1v) is 11.6. The third kappa shape index (κ3) is 4.38. The molecule has 0 saturated heterocycles. The van der Waals surface area contributed by atoms with Crippen LogP contribution in [0.2, 0.25) is 0 Å². The minimum absolute atomic E-state index is 0.0454. The first kappa shape index (κ1) is 20.9. The predicted molar refractivity (Wildman–Crippen MR) is 125 cm³/mol. The molecule has 0 N–H and O–H groups in total. The number of carbonyl (C=O) groups is 1. The Morgan fingerprint density at radius 2 is 1.90 bits per heavy atom. The lowest BCUT2D eigenvalue weighted by atomic mass is 10.3. The number of hydrogen-bond donors (Lipinski definition) is 0. The summed E-state index contributed by atoms with van der Waals surface area (Å²) in [7, 11) is 0. The fraction of sp³-hybridized carbons (Fsp3) is 0.333. The summed E-state index contributed by atoms with van der Waals surface area (Å²) in [6.07, 6.45) is 0. The molecule has 0 radical (unpaired) electrons. The molecule has 0 saturated carbocycles. The van der Waals surface area contributed by atoms with Crippen LogP contribution in [0.5, 0.6) is 0 Å². The van der Waals surface area contributed by atoms with E-state index in [0.717, 1.165) is 45.4 Å². The highest BCUT2D eigenvalue weighted by atomic mass is 79.9. The second-order valence-electron chi connectivity index (χ2n) is 6.92. The molecule has 156 valence electrons. The number of para-hydroxylation sites is 1. The van der Waals surface area contributed by atoms with Crippen LogP contribution in [0.3, 0.4) is 0 Å². The average Bonchev–Trinajstić information content (AvgIpc) is 3.35. The summed E-state index contributed by atoms with van der Waals surface area (Å²) in [5.41, 5.74) is 2.53. The third-order valence-electron chi connectivity index (χ3n) is 5.11. The van der Waals surface area contributed by atoms with Crippen LogP contribution in [0.4, 0.5) is 5.13 Å². The maximum Gasteiger partial charge on any atom is 0.250 e. The van der Waals surface area contributed by atoms with Gasteiger partial charge in [0, 0.05) is 17.6 Å². The van der Waals surface area contributed by atoms with Gasteiger partial charge in [-0.2, -0.15) is 0 Å². The Morgan fingerprint density at radius 1 is 1.10 bits per heavy atom. The van der Waals surface area contributed by atoms with Gasteiger partial charge in [0.25, 0.3) is 5.91 Å². The van der Waals surface area contributed by atoms with E-state index in [4.69, 9.17) is 4.98 Å². The van der Waals surface area contributed by atoms with Crippen molar-refractivity contribution in [3.8, 4) is 0 Å². The zero-order valence-electron chi connectivity index (χ0n) is 17.0. The number of likely N-dealkylation sites (N-methyl/N-ethyl adjacent to an activating group) is 1. The van der Waals surface area contributed by atoms with Gasteiger partial charge in [0.05, 0.1) is 15.7 Å². The Bertz CT molecular complexity index is 1170. The number of hydrogen-bond acceptors (Lipinski definition) is 6. The van der Waals surface area contributed by atoms with E-state index in [1.807, 2.05) is 42.5 Å². The Labute approximate surface area is 187 Å². The number of carbonyl (C=O) groups excluding carboxylic acids is 1. The van der Waals surface area contributed by atoms with Gasteiger partial charge in [0.1, 0.15) is 12.1 Å². The molecule has 0 bridgehead atoms. The number of anilines is 1. The number of fused-ring (bicyclic) bond motifs is 2. The van der Waals surface area contributed by atoms with E-state index in [2.05, 4.69) is 45.0 Å². The highest BCUT2D eigenvalue weighted by Gasteiger charge is 2.22. The van der Waals surface area contributed by atoms with Crippen molar-refractivity contribution in [2.75, 3.05) is 31.1 Å². The van der Waals surface area contributed by atoms with Gasteiger partial charge in [-0.05, 0) is 43.4 Å². The molecule has 0 fully saturated rings. The Balaban J connectivity index is 1.63. The molecular formula is C21H23BrN6OS. The molecule has 2 heterocycles. The van der Waals surface area contributed by atoms with Gasteiger partial charge < -0.3 is 4.90 Å². The maximum atomic E-state index is 13.4. The lowest BCUT2D eigenvalue weighted by molar-refractivity contribution is -0.119. The van der Waals surface area contributed by atoms with Crippen LogP contribution >= 0.6 is 27.3 Å². The molecule has 0 unspecified atom stereocenters. The first-order valence-electron chi connectivity index (χ1n) is 9.96. The number of benzene rings is 2. The van der Waals surface area contributed by atoms with Crippen molar-refractivity contribution in [3.63, 3.8) is 0 Å². The van der Waals surface area contributed by atoms with E-state index in [1.165, 1.54) is 11.3 Å². The monoisotopic (exact) mass is 486 g/mol. The van der Waals surface area contributed by atoms with Crippen LogP contribution in [0.1, 0.15) is 13.8 Å². The van der Waals surface area contributed by atoms with E-state index in [0.29, 0.717) is 11.7 Å². The summed E-state index contributed by atoms with van der Waals surface area (Å²) in [6.45, 7) is 7.64. The SMILES string of the molecule is CCN(CC)CCN(C(=O)Cn1nnc2ccccc21)c1nc2ccc(Br)cc2s1. The van der Waals surface area contributed by atoms with Crippen molar-refractivity contribution >= 4 is 59.6 Å². The van der Waals surface area contributed by atoms with Crippen LogP contribution in [0, 0.1) is 0 Å². The molecule has 4 rings (SSSR count). The van der Waals surface area contributed by atoms with Crippen LogP contribution in [0.25, 0.3) is 21.3 Å². The van der Waals surface area contributed by atoms with Gasteiger partial charge >= 0.3 is 0 Å². The van der Waals surface area contributed by atoms with Crippen molar-refractivity contribution < 1.29 is 4.79 Å². The smallest absolute Gasteiger partial charge is 0.250 e. The van der Waals surface area contributed by atoms with Gasteiger partial charge in [0.15, 0.2) is 5.13 Å². The maximum absolute atomic E-state index is 13.4. The highest BCUT2D eigenvalue weighted by Crippen LogP contribution is 2.31. The summed E-state index contributed by atoms with van der Waals surface area (Å²) >= 11 is 5.04. The largest absolute Gasteiger partial charge is 0.302 e. The second kappa shape index (κ2) is 9.20. The molecule has 4 aromatic rings. The van der Waals surface area contributed by atoms with Crippen LogP contribution < -0.4 is 4.90 Å². The summed E-state index contributed by atoms with van der Waals surface area (Å²) < 4.78 is 3.71. The van der Waals surface area contributed by atoms with Gasteiger partial charge in [-0.25, -0.2) is 9.67 Å². The molecule has 0 atom stereocenters. The molecule has 2 aromatic carbocycles. The normalized spacial score (nSPS) is 11.6. The quantitative estimate of drug-likeness (QED) is 0.373. The first-order chi connectivity index (χ1) is 14.6. The van der Waals surface area contributed by atoms with E-state index in [9.17, 15) is 4.79 Å². The van der Waals surface area contributed by atoms with E-state index in [-0.39, 0.29) is 12.5 Å². The average molecular weight is 487 g/mol. The fourth-order valence-corrected chi connectivity index (χ4v) is 4.92. The standard InChI is InChI=1S/C21H23BrN6OS/c1-3-26(4-2)11-12-27(21-23-17-10-9-15(22)13-19(17)30-21)20(29)14-28-18-8-6-5-7-16(18)24-25-28/h5-10,13H,3-4,11-12,14H2,1-2H3. The molecule has 0 aliphatic rings. The third-order valence-corrected chi connectivity index (χ3v) is 6.65. The number of thiazole rings is 1. The predicted octanol–water partition coefficient (Wildman–Crippen LogP) is 4.18. The molecule has 0 aliphatic carbocycles. The number of halogens is 1. The highest BCUT2D eigenvalue weighted by molar-refractivity contribution is 9.10. The molecule has 2 aromatic heterocycles. The van der Waals surface area contributed by atoms with Crippen molar-refractivity contribution in [2.24, 2.45) is 0 Å². The number of amides is 1. The lowest BCUT2D eigenvalue weighted by Gasteiger charge is -2.24. The van der Waals surface area contributed by atoms with Crippen LogP contribution in [-0.4, -0.2) is 57.0 Å². The van der Waals surface area contributed by atoms with Crippen molar-refractivity contribution in [3.05, 3.63) is 46.9 Å². The van der Waals surface area contributed by atoms with Gasteiger partial charge in [-0.3, -0.25) is 9.69 Å². The topological polar surface area (TPSA) is 67.2 Å². The van der Waals surface area contributed by atoms with Crippen molar-refractivity contribution in [2.45, 2.75) is 20.4 Å². The number of aromatic nitrogens is 4. The minimum atomic E-state index is -0.0454. The Kier molecular flexibility index (Phi) is 6.40. The molecular weight excluding hydrogens is 464 g/mol. The van der Waals surface area contributed by atoms with Gasteiger partial charge in [-0.15, -0.1) is 5.10 Å². The second-order valence-corrected chi connectivity index (χ2v) is 8.84. The van der Waals surface area contributed by atoms with E-state index in [1.54, 1.807) is 9.58 Å². The molecule has 0 aliphatic heterocycles. The van der Waals surface area contributed by atoms with Crippen LogP contribution in [0.15, 0.2) is 46.9 Å². The summed E-state index contributed by atoms with van der Waals surface area (Å²) in [5.74, 6) is -0.0454. The van der Waals surface area contributed by atoms with Crippen LogP contribution in [-0.2, 0) is 11.3 Å². The molecule has 7 nitrogen and oxygen atoms in total. The fourth-order valence-electron chi connectivity index (χ4n) is 3.36. The minimum Gasteiger partial charge on any atom is -0.302 e. The summed E-state index contributed by atoms with van der Waals surface area (Å²) in [4.78, 5) is 22.2. The molecule has 1 amide bonds. The number of nitrogens with zero attached hydrogens (tertiary/aromatic N) is 6. The van der Waals surface area contributed by atoms with E-state index < -0.39 is 0 Å². The number of rotatable bonds is 8. The van der Waals surface area contributed by atoms with Crippen molar-refractivity contribution in [1.29, 1.82) is 0 Å².